The van der Waals surface area contributed by atoms with Gasteiger partial charge in [0.25, 0.3) is 0 Å². The number of hydrogen-bond acceptors (Lipinski definition) is 5. The van der Waals surface area contributed by atoms with Gasteiger partial charge in [-0.3, -0.25) is 0 Å². The third-order valence-corrected chi connectivity index (χ3v) is 3.78. The van der Waals surface area contributed by atoms with Crippen LogP contribution in [0.1, 0.15) is 23.2 Å². The van der Waals surface area contributed by atoms with Crippen LogP contribution in [0.3, 0.4) is 0 Å². The molecule has 0 atom stereocenters. The molecule has 0 saturated carbocycles. The van der Waals surface area contributed by atoms with Gasteiger partial charge in [-0.1, -0.05) is 18.2 Å². The Morgan fingerprint density at radius 2 is 1.92 bits per heavy atom. The van der Waals surface area contributed by atoms with E-state index in [2.05, 4.69) is 0 Å². The first-order valence-corrected chi connectivity index (χ1v) is 7.83. The van der Waals surface area contributed by atoms with Crippen molar-refractivity contribution in [2.45, 2.75) is 12.8 Å². The van der Waals surface area contributed by atoms with E-state index >= 15 is 0 Å². The van der Waals surface area contributed by atoms with Crippen molar-refractivity contribution in [3.63, 3.8) is 0 Å². The summed E-state index contributed by atoms with van der Waals surface area (Å²) in [5, 5.41) is 18.0. The fourth-order valence-corrected chi connectivity index (χ4v) is 2.72. The zero-order valence-corrected chi connectivity index (χ0v) is 13.4. The molecule has 2 aromatic heterocycles. The van der Waals surface area contributed by atoms with E-state index in [1.54, 1.807) is 18.3 Å². The number of rotatable bonds is 6. The van der Waals surface area contributed by atoms with Gasteiger partial charge >= 0.3 is 5.97 Å². The van der Waals surface area contributed by atoms with Gasteiger partial charge in [0, 0.05) is 11.8 Å². The van der Waals surface area contributed by atoms with E-state index in [9.17, 15) is 4.79 Å². The standard InChI is InChI=1S/C19H15N3O3/c20-9-3-4-11-25-19(23)18-15-5-1-2-6-16(15)22-13-14(24-12-10-21)7-8-17(18)22/h1-2,5-8,13H,3-4,11-12H2. The van der Waals surface area contributed by atoms with E-state index in [1.807, 2.05) is 40.8 Å². The summed E-state index contributed by atoms with van der Waals surface area (Å²) < 4.78 is 12.5. The summed E-state index contributed by atoms with van der Waals surface area (Å²) in [6, 6.07) is 15.0. The monoisotopic (exact) mass is 333 g/mol. The molecule has 0 saturated heterocycles. The van der Waals surface area contributed by atoms with Crippen molar-refractivity contribution >= 4 is 22.4 Å². The number of fused-ring (bicyclic) bond motifs is 3. The Kier molecular flexibility index (Phi) is 4.82. The fourth-order valence-electron chi connectivity index (χ4n) is 2.72. The number of para-hydroxylation sites is 1. The number of hydrogen-bond donors (Lipinski definition) is 0. The molecule has 0 bridgehead atoms. The predicted molar refractivity (Wildman–Crippen MR) is 91.1 cm³/mol. The molecule has 0 aliphatic heterocycles. The van der Waals surface area contributed by atoms with Crippen molar-refractivity contribution in [3.05, 3.63) is 48.2 Å². The molecule has 6 heteroatoms. The number of carbonyl (C=O) groups excluding carboxylic acids is 1. The molecule has 0 aliphatic carbocycles. The Balaban J connectivity index is 2.03. The van der Waals surface area contributed by atoms with Crippen LogP contribution in [-0.2, 0) is 4.74 Å². The predicted octanol–water partition coefficient (Wildman–Crippen LogP) is 3.46. The smallest absolute Gasteiger partial charge is 0.340 e. The minimum atomic E-state index is -0.415. The summed E-state index contributed by atoms with van der Waals surface area (Å²) in [4.78, 5) is 12.6. The van der Waals surface area contributed by atoms with Crippen LogP contribution in [0.5, 0.6) is 5.75 Å². The van der Waals surface area contributed by atoms with Gasteiger partial charge in [-0.15, -0.1) is 0 Å². The van der Waals surface area contributed by atoms with Crippen LogP contribution in [-0.4, -0.2) is 23.6 Å². The minimum Gasteiger partial charge on any atom is -0.477 e. The maximum atomic E-state index is 12.6. The molecule has 0 amide bonds. The molecule has 6 nitrogen and oxygen atoms in total. The number of esters is 1. The highest BCUT2D eigenvalue weighted by molar-refractivity contribution is 6.11. The summed E-state index contributed by atoms with van der Waals surface area (Å²) in [6.45, 7) is 0.167. The summed E-state index contributed by atoms with van der Waals surface area (Å²) in [5.74, 6) is 0.131. The van der Waals surface area contributed by atoms with Crippen molar-refractivity contribution < 1.29 is 14.3 Å². The molecule has 2 heterocycles. The second-order valence-electron chi connectivity index (χ2n) is 5.36. The molecular weight excluding hydrogens is 318 g/mol. The van der Waals surface area contributed by atoms with Gasteiger partial charge < -0.3 is 13.9 Å². The van der Waals surface area contributed by atoms with Crippen molar-refractivity contribution in [1.29, 1.82) is 10.5 Å². The third-order valence-electron chi connectivity index (χ3n) is 3.78. The van der Waals surface area contributed by atoms with Crippen LogP contribution in [0.2, 0.25) is 0 Å². The molecule has 1 aromatic carbocycles. The number of ether oxygens (including phenoxy) is 2. The van der Waals surface area contributed by atoms with Crippen LogP contribution in [0.4, 0.5) is 0 Å². The highest BCUT2D eigenvalue weighted by Crippen LogP contribution is 2.29. The molecule has 25 heavy (non-hydrogen) atoms. The number of pyridine rings is 1. The molecule has 0 fully saturated rings. The molecule has 3 rings (SSSR count). The summed E-state index contributed by atoms with van der Waals surface area (Å²) in [6.07, 6.45) is 2.61. The zero-order valence-electron chi connectivity index (χ0n) is 13.4. The summed E-state index contributed by atoms with van der Waals surface area (Å²) in [5.41, 5.74) is 2.04. The van der Waals surface area contributed by atoms with Gasteiger partial charge in [0.05, 0.1) is 35.5 Å². The van der Waals surface area contributed by atoms with Gasteiger partial charge in [0.2, 0.25) is 0 Å². The van der Waals surface area contributed by atoms with Crippen LogP contribution in [0, 0.1) is 22.7 Å². The molecular formula is C19H15N3O3. The number of unbranched alkanes of at least 4 members (excludes halogenated alkanes) is 1. The van der Waals surface area contributed by atoms with E-state index in [4.69, 9.17) is 20.0 Å². The van der Waals surface area contributed by atoms with E-state index in [-0.39, 0.29) is 13.2 Å². The lowest BCUT2D eigenvalue weighted by Crippen LogP contribution is -2.06. The Morgan fingerprint density at radius 1 is 1.08 bits per heavy atom. The Bertz CT molecular complexity index is 1010. The van der Waals surface area contributed by atoms with E-state index in [1.165, 1.54) is 0 Å². The summed E-state index contributed by atoms with van der Waals surface area (Å²) >= 11 is 0. The Labute approximate surface area is 144 Å². The lowest BCUT2D eigenvalue weighted by atomic mass is 10.1. The molecule has 0 N–H and O–H groups in total. The first-order chi connectivity index (χ1) is 12.3. The quantitative estimate of drug-likeness (QED) is 0.509. The van der Waals surface area contributed by atoms with Crippen LogP contribution >= 0.6 is 0 Å². The molecule has 124 valence electrons. The minimum absolute atomic E-state index is 0.0432. The highest BCUT2D eigenvalue weighted by atomic mass is 16.5. The van der Waals surface area contributed by atoms with Crippen molar-refractivity contribution in [2.75, 3.05) is 13.2 Å². The molecule has 0 unspecified atom stereocenters. The van der Waals surface area contributed by atoms with Crippen molar-refractivity contribution in [1.82, 2.24) is 4.40 Å². The first kappa shape index (κ1) is 16.4. The largest absolute Gasteiger partial charge is 0.477 e. The number of nitriles is 2. The average Bonchev–Trinajstić information content (AvgIpc) is 2.97. The summed E-state index contributed by atoms with van der Waals surface area (Å²) in [7, 11) is 0. The number of nitrogens with zero attached hydrogens (tertiary/aromatic N) is 3. The van der Waals surface area contributed by atoms with Gasteiger partial charge in [-0.05, 0) is 24.6 Å². The Morgan fingerprint density at radius 3 is 2.72 bits per heavy atom. The van der Waals surface area contributed by atoms with Crippen molar-refractivity contribution in [2.24, 2.45) is 0 Å². The van der Waals surface area contributed by atoms with Crippen LogP contribution < -0.4 is 4.74 Å². The van der Waals surface area contributed by atoms with Gasteiger partial charge in [-0.2, -0.15) is 10.5 Å². The number of aromatic nitrogens is 1. The molecule has 3 aromatic rings. The van der Waals surface area contributed by atoms with Crippen LogP contribution in [0.15, 0.2) is 42.6 Å². The van der Waals surface area contributed by atoms with Gasteiger partial charge in [0.15, 0.2) is 6.61 Å². The van der Waals surface area contributed by atoms with Crippen molar-refractivity contribution in [3.8, 4) is 17.9 Å². The maximum Gasteiger partial charge on any atom is 0.340 e. The molecule has 0 aliphatic rings. The second kappa shape index (κ2) is 7.37. The molecule has 0 radical (unpaired) electrons. The van der Waals surface area contributed by atoms with E-state index in [0.717, 1.165) is 10.9 Å². The maximum absolute atomic E-state index is 12.6. The van der Waals surface area contributed by atoms with Gasteiger partial charge in [0.1, 0.15) is 11.8 Å². The second-order valence-corrected chi connectivity index (χ2v) is 5.36. The average molecular weight is 333 g/mol. The van der Waals surface area contributed by atoms with Gasteiger partial charge in [-0.25, -0.2) is 4.79 Å². The normalized spacial score (nSPS) is 10.3. The zero-order chi connectivity index (χ0) is 17.6. The lowest BCUT2D eigenvalue weighted by molar-refractivity contribution is 0.0506. The number of carbonyl (C=O) groups is 1. The highest BCUT2D eigenvalue weighted by Gasteiger charge is 2.19. The third kappa shape index (κ3) is 3.24. The van der Waals surface area contributed by atoms with E-state index < -0.39 is 5.97 Å². The Hall–Kier alpha value is -3.51. The molecule has 0 spiro atoms. The van der Waals surface area contributed by atoms with E-state index in [0.29, 0.717) is 29.7 Å². The number of benzene rings is 1. The van der Waals surface area contributed by atoms with Crippen LogP contribution in [0.25, 0.3) is 16.4 Å². The first-order valence-electron chi connectivity index (χ1n) is 7.83. The SMILES string of the molecule is N#CCCCOC(=O)c1c2ccccc2n2cc(OCC#N)ccc12. The lowest BCUT2D eigenvalue weighted by Gasteiger charge is -2.05. The topological polar surface area (TPSA) is 87.5 Å². The fraction of sp³-hybridized carbons (Fsp3) is 0.211.